The third kappa shape index (κ3) is 4.49. The Hall–Kier alpha value is -2.05. The number of carbonyl (C=O) groups excluding carboxylic acids is 1. The molecule has 2 aromatic carbocycles. The van der Waals surface area contributed by atoms with E-state index in [4.69, 9.17) is 21.1 Å². The molecule has 0 unspecified atom stereocenters. The summed E-state index contributed by atoms with van der Waals surface area (Å²) < 4.78 is 33.9. The largest absolute Gasteiger partial charge is 0.493 e. The molecule has 0 N–H and O–H groups in total. The zero-order chi connectivity index (χ0) is 17.7. The molecule has 5 nitrogen and oxygen atoms in total. The average Bonchev–Trinajstić information content (AvgIpc) is 2.53. The van der Waals surface area contributed by atoms with Crippen LogP contribution in [0.5, 0.6) is 5.75 Å². The summed E-state index contributed by atoms with van der Waals surface area (Å²) in [5, 5.41) is 0.130. The molecule has 0 fully saturated rings. The van der Waals surface area contributed by atoms with Crippen LogP contribution in [0.2, 0.25) is 5.02 Å². The Morgan fingerprint density at radius 1 is 1.17 bits per heavy atom. The summed E-state index contributed by atoms with van der Waals surface area (Å²) in [7, 11) is -3.44. The van der Waals surface area contributed by atoms with Crippen molar-refractivity contribution in [3.63, 3.8) is 0 Å². The summed E-state index contributed by atoms with van der Waals surface area (Å²) in [5.74, 6) is -0.0689. The number of rotatable bonds is 6. The predicted molar refractivity (Wildman–Crippen MR) is 91.3 cm³/mol. The standard InChI is InChI=1S/C17H17ClO5S/c1-3-22-16-7-5-4-6-12(16)11-23-17(19)14-10-13(24(2,20)21)8-9-15(14)18/h4-10H,3,11H2,1-2H3. The highest BCUT2D eigenvalue weighted by atomic mass is 35.5. The van der Waals surface area contributed by atoms with Gasteiger partial charge in [-0.2, -0.15) is 0 Å². The molecule has 0 aromatic heterocycles. The first-order valence-electron chi connectivity index (χ1n) is 7.20. The van der Waals surface area contributed by atoms with Crippen molar-refractivity contribution in [2.75, 3.05) is 12.9 Å². The van der Waals surface area contributed by atoms with E-state index in [2.05, 4.69) is 0 Å². The molecule has 24 heavy (non-hydrogen) atoms. The topological polar surface area (TPSA) is 69.7 Å². The van der Waals surface area contributed by atoms with Gasteiger partial charge in [-0.1, -0.05) is 29.8 Å². The van der Waals surface area contributed by atoms with Crippen LogP contribution in [0.1, 0.15) is 22.8 Å². The number of esters is 1. The van der Waals surface area contributed by atoms with Gasteiger partial charge in [-0.05, 0) is 31.2 Å². The molecule has 0 aliphatic heterocycles. The molecule has 0 spiro atoms. The Morgan fingerprint density at radius 3 is 2.54 bits per heavy atom. The lowest BCUT2D eigenvalue weighted by Crippen LogP contribution is -2.08. The van der Waals surface area contributed by atoms with Crippen molar-refractivity contribution in [2.24, 2.45) is 0 Å². The van der Waals surface area contributed by atoms with Gasteiger partial charge in [0.2, 0.25) is 0 Å². The summed E-state index contributed by atoms with van der Waals surface area (Å²) in [4.78, 5) is 12.3. The first-order valence-corrected chi connectivity index (χ1v) is 9.47. The number of carbonyl (C=O) groups is 1. The zero-order valence-electron chi connectivity index (χ0n) is 13.3. The van der Waals surface area contributed by atoms with Crippen molar-refractivity contribution >= 4 is 27.4 Å². The van der Waals surface area contributed by atoms with Gasteiger partial charge in [-0.15, -0.1) is 0 Å². The van der Waals surface area contributed by atoms with Gasteiger partial charge in [0, 0.05) is 11.8 Å². The van der Waals surface area contributed by atoms with E-state index in [0.29, 0.717) is 17.9 Å². The van der Waals surface area contributed by atoms with E-state index >= 15 is 0 Å². The Labute approximate surface area is 146 Å². The molecule has 0 aliphatic rings. The number of halogens is 1. The lowest BCUT2D eigenvalue weighted by molar-refractivity contribution is 0.0469. The van der Waals surface area contributed by atoms with Crippen LogP contribution in [0.25, 0.3) is 0 Å². The number of ether oxygens (including phenoxy) is 2. The van der Waals surface area contributed by atoms with Crippen molar-refractivity contribution in [2.45, 2.75) is 18.4 Å². The van der Waals surface area contributed by atoms with E-state index in [1.165, 1.54) is 18.2 Å². The van der Waals surface area contributed by atoms with Crippen molar-refractivity contribution in [1.82, 2.24) is 0 Å². The van der Waals surface area contributed by atoms with Crippen LogP contribution >= 0.6 is 11.6 Å². The van der Waals surface area contributed by atoms with Crippen LogP contribution < -0.4 is 4.74 Å². The maximum atomic E-state index is 12.2. The second kappa shape index (κ2) is 7.68. The van der Waals surface area contributed by atoms with Gasteiger partial charge < -0.3 is 9.47 Å². The average molecular weight is 369 g/mol. The van der Waals surface area contributed by atoms with E-state index in [1.807, 2.05) is 19.1 Å². The maximum absolute atomic E-state index is 12.2. The van der Waals surface area contributed by atoms with E-state index in [0.717, 1.165) is 6.26 Å². The lowest BCUT2D eigenvalue weighted by Gasteiger charge is -2.11. The molecule has 2 rings (SSSR count). The van der Waals surface area contributed by atoms with Gasteiger partial charge in [-0.25, -0.2) is 13.2 Å². The highest BCUT2D eigenvalue weighted by molar-refractivity contribution is 7.90. The molecule has 128 valence electrons. The Morgan fingerprint density at radius 2 is 1.88 bits per heavy atom. The third-order valence-corrected chi connectivity index (χ3v) is 4.66. The van der Waals surface area contributed by atoms with Gasteiger partial charge >= 0.3 is 5.97 Å². The molecule has 0 saturated carbocycles. The first-order chi connectivity index (χ1) is 11.3. The minimum atomic E-state index is -3.44. The van der Waals surface area contributed by atoms with E-state index in [1.54, 1.807) is 12.1 Å². The number of hydrogen-bond acceptors (Lipinski definition) is 5. The zero-order valence-corrected chi connectivity index (χ0v) is 14.9. The van der Waals surface area contributed by atoms with E-state index < -0.39 is 15.8 Å². The molecule has 2 aromatic rings. The Balaban J connectivity index is 2.19. The van der Waals surface area contributed by atoms with Gasteiger partial charge in [0.1, 0.15) is 12.4 Å². The Kier molecular flexibility index (Phi) is 5.85. The number of para-hydroxylation sites is 1. The fraction of sp³-hybridized carbons (Fsp3) is 0.235. The van der Waals surface area contributed by atoms with E-state index in [-0.39, 0.29) is 22.1 Å². The highest BCUT2D eigenvalue weighted by Gasteiger charge is 2.17. The minimum absolute atomic E-state index is 0.00552. The van der Waals surface area contributed by atoms with Crippen molar-refractivity contribution < 1.29 is 22.7 Å². The minimum Gasteiger partial charge on any atom is -0.493 e. The second-order valence-corrected chi connectivity index (χ2v) is 7.45. The molecule has 0 heterocycles. The normalized spacial score (nSPS) is 11.1. The molecular weight excluding hydrogens is 352 g/mol. The van der Waals surface area contributed by atoms with Crippen LogP contribution in [0, 0.1) is 0 Å². The molecule has 0 bridgehead atoms. The Bertz CT molecular complexity index is 846. The van der Waals surface area contributed by atoms with Gasteiger partial charge in [0.05, 0.1) is 22.1 Å². The lowest BCUT2D eigenvalue weighted by atomic mass is 10.2. The summed E-state index contributed by atoms with van der Waals surface area (Å²) in [6.07, 6.45) is 1.06. The smallest absolute Gasteiger partial charge is 0.340 e. The fourth-order valence-corrected chi connectivity index (χ4v) is 2.87. The molecule has 0 amide bonds. The predicted octanol–water partition coefficient (Wildman–Crippen LogP) is 3.50. The number of sulfone groups is 1. The summed E-state index contributed by atoms with van der Waals surface area (Å²) in [5.41, 5.74) is 0.719. The van der Waals surface area contributed by atoms with Crippen LogP contribution in [0.3, 0.4) is 0 Å². The van der Waals surface area contributed by atoms with Crippen LogP contribution in [-0.4, -0.2) is 27.2 Å². The number of benzene rings is 2. The van der Waals surface area contributed by atoms with Gasteiger partial charge in [0.25, 0.3) is 0 Å². The van der Waals surface area contributed by atoms with Crippen molar-refractivity contribution in [3.05, 3.63) is 58.6 Å². The van der Waals surface area contributed by atoms with Gasteiger partial charge in [0.15, 0.2) is 9.84 Å². The molecular formula is C17H17ClO5S. The van der Waals surface area contributed by atoms with Crippen LogP contribution in [0.15, 0.2) is 47.4 Å². The molecule has 0 saturated heterocycles. The maximum Gasteiger partial charge on any atom is 0.340 e. The van der Waals surface area contributed by atoms with Crippen LogP contribution in [-0.2, 0) is 21.2 Å². The summed E-state index contributed by atoms with van der Waals surface area (Å²) in [6, 6.07) is 11.1. The quantitative estimate of drug-likeness (QED) is 0.730. The van der Waals surface area contributed by atoms with Gasteiger partial charge in [-0.3, -0.25) is 0 Å². The molecule has 7 heteroatoms. The van der Waals surface area contributed by atoms with Crippen molar-refractivity contribution in [1.29, 1.82) is 0 Å². The SMILES string of the molecule is CCOc1ccccc1COC(=O)c1cc(S(C)(=O)=O)ccc1Cl. The molecule has 0 radical (unpaired) electrons. The monoisotopic (exact) mass is 368 g/mol. The first kappa shape index (κ1) is 18.3. The van der Waals surface area contributed by atoms with Crippen LogP contribution in [0.4, 0.5) is 0 Å². The third-order valence-electron chi connectivity index (χ3n) is 3.22. The van der Waals surface area contributed by atoms with E-state index in [9.17, 15) is 13.2 Å². The second-order valence-electron chi connectivity index (χ2n) is 5.03. The molecule has 0 aliphatic carbocycles. The molecule has 0 atom stereocenters. The summed E-state index contributed by atoms with van der Waals surface area (Å²) in [6.45, 7) is 2.35. The van der Waals surface area contributed by atoms with Crippen molar-refractivity contribution in [3.8, 4) is 5.75 Å². The fourth-order valence-electron chi connectivity index (χ4n) is 2.03. The summed E-state index contributed by atoms with van der Waals surface area (Å²) >= 11 is 5.98. The number of hydrogen-bond donors (Lipinski definition) is 0. The highest BCUT2D eigenvalue weighted by Crippen LogP contribution is 2.23.